The van der Waals surface area contributed by atoms with Crippen LogP contribution in [0.4, 0.5) is 0 Å². The molecule has 0 aliphatic heterocycles. The van der Waals surface area contributed by atoms with Crippen molar-refractivity contribution in [1.29, 1.82) is 0 Å². The molecule has 1 nitrogen and oxygen atoms in total. The third kappa shape index (κ3) is 3.35. The van der Waals surface area contributed by atoms with Crippen molar-refractivity contribution >= 4 is 23.2 Å². The van der Waals surface area contributed by atoms with Gasteiger partial charge in [-0.3, -0.25) is 0 Å². The quantitative estimate of drug-likeness (QED) is 0.796. The van der Waals surface area contributed by atoms with E-state index in [1.807, 2.05) is 12.1 Å². The smallest absolute Gasteiger partial charge is 0.0566 e. The fraction of sp³-hybridized carbons (Fsp3) is 0.294. The fourth-order valence-electron chi connectivity index (χ4n) is 2.12. The summed E-state index contributed by atoms with van der Waals surface area (Å²) in [5.41, 5.74) is 9.66. The van der Waals surface area contributed by atoms with E-state index in [4.69, 9.17) is 28.9 Å². The summed E-state index contributed by atoms with van der Waals surface area (Å²) in [6.07, 6.45) is 0. The van der Waals surface area contributed by atoms with Crippen molar-refractivity contribution < 1.29 is 0 Å². The zero-order valence-corrected chi connectivity index (χ0v) is 13.5. The van der Waals surface area contributed by atoms with Crippen molar-refractivity contribution in [1.82, 2.24) is 0 Å². The van der Waals surface area contributed by atoms with E-state index in [1.54, 1.807) is 6.07 Å². The van der Waals surface area contributed by atoms with Crippen LogP contribution in [0, 0.1) is 0 Å². The third-order valence-corrected chi connectivity index (χ3v) is 4.00. The van der Waals surface area contributed by atoms with Crippen LogP contribution in [0.1, 0.15) is 43.5 Å². The summed E-state index contributed by atoms with van der Waals surface area (Å²) >= 11 is 12.1. The minimum atomic E-state index is -0.242. The minimum absolute atomic E-state index is 0.139. The van der Waals surface area contributed by atoms with Crippen LogP contribution in [0.25, 0.3) is 0 Å². The molecule has 0 aliphatic carbocycles. The van der Waals surface area contributed by atoms with E-state index in [1.165, 1.54) is 5.56 Å². The zero-order chi connectivity index (χ0) is 14.9. The van der Waals surface area contributed by atoms with Gasteiger partial charge in [0.25, 0.3) is 0 Å². The van der Waals surface area contributed by atoms with Gasteiger partial charge in [-0.2, -0.15) is 0 Å². The highest BCUT2D eigenvalue weighted by molar-refractivity contribution is 6.35. The highest BCUT2D eigenvalue weighted by Gasteiger charge is 2.16. The van der Waals surface area contributed by atoms with Crippen LogP contribution in [0.15, 0.2) is 42.5 Å². The summed E-state index contributed by atoms with van der Waals surface area (Å²) in [5, 5.41) is 1.22. The van der Waals surface area contributed by atoms with Gasteiger partial charge < -0.3 is 5.73 Å². The number of hydrogen-bond donors (Lipinski definition) is 1. The Labute approximate surface area is 130 Å². The molecule has 0 bridgehead atoms. The molecule has 0 saturated carbocycles. The average Bonchev–Trinajstić information content (AvgIpc) is 2.37. The first kappa shape index (κ1) is 15.4. The topological polar surface area (TPSA) is 26.0 Å². The summed E-state index contributed by atoms with van der Waals surface area (Å²) < 4.78 is 0. The van der Waals surface area contributed by atoms with E-state index in [2.05, 4.69) is 45.0 Å². The molecule has 0 radical (unpaired) electrons. The monoisotopic (exact) mass is 307 g/mol. The van der Waals surface area contributed by atoms with Gasteiger partial charge in [0.15, 0.2) is 0 Å². The van der Waals surface area contributed by atoms with Gasteiger partial charge in [0, 0.05) is 10.0 Å². The number of benzene rings is 2. The Morgan fingerprint density at radius 2 is 1.55 bits per heavy atom. The lowest BCUT2D eigenvalue weighted by molar-refractivity contribution is 0.589. The number of hydrogen-bond acceptors (Lipinski definition) is 1. The van der Waals surface area contributed by atoms with Crippen molar-refractivity contribution in [2.45, 2.75) is 32.2 Å². The van der Waals surface area contributed by atoms with Gasteiger partial charge in [0.2, 0.25) is 0 Å². The van der Waals surface area contributed by atoms with Crippen molar-refractivity contribution in [3.8, 4) is 0 Å². The standard InChI is InChI=1S/C17H19Cl2N/c1-17(2,3)12-6-4-11(5-7-12)16(20)14-9-8-13(18)10-15(14)19/h4-10,16H,20H2,1-3H3. The molecule has 0 aliphatic rings. The Bertz CT molecular complexity index is 597. The highest BCUT2D eigenvalue weighted by atomic mass is 35.5. The third-order valence-electron chi connectivity index (χ3n) is 3.43. The zero-order valence-electron chi connectivity index (χ0n) is 12.0. The summed E-state index contributed by atoms with van der Waals surface area (Å²) in [6.45, 7) is 6.58. The molecular weight excluding hydrogens is 289 g/mol. The largest absolute Gasteiger partial charge is 0.320 e. The molecule has 1 atom stereocenters. The van der Waals surface area contributed by atoms with Gasteiger partial charge in [0.1, 0.15) is 0 Å². The normalized spacial score (nSPS) is 13.3. The summed E-state index contributed by atoms with van der Waals surface area (Å²) in [4.78, 5) is 0. The molecule has 0 heterocycles. The maximum absolute atomic E-state index is 6.30. The van der Waals surface area contributed by atoms with E-state index >= 15 is 0 Å². The molecule has 0 aromatic heterocycles. The average molecular weight is 308 g/mol. The number of rotatable bonds is 2. The summed E-state index contributed by atoms with van der Waals surface area (Å²) in [6, 6.07) is 13.6. The molecule has 0 amide bonds. The maximum Gasteiger partial charge on any atom is 0.0566 e. The Balaban J connectivity index is 2.31. The lowest BCUT2D eigenvalue weighted by Gasteiger charge is -2.20. The molecule has 106 valence electrons. The molecule has 2 aromatic carbocycles. The van der Waals surface area contributed by atoms with Crippen LogP contribution >= 0.6 is 23.2 Å². The fourth-order valence-corrected chi connectivity index (χ4v) is 2.65. The second kappa shape index (κ2) is 5.77. The van der Waals surface area contributed by atoms with E-state index in [0.29, 0.717) is 10.0 Å². The van der Waals surface area contributed by atoms with E-state index in [-0.39, 0.29) is 11.5 Å². The van der Waals surface area contributed by atoms with Crippen molar-refractivity contribution in [2.75, 3.05) is 0 Å². The van der Waals surface area contributed by atoms with Crippen molar-refractivity contribution in [3.63, 3.8) is 0 Å². The summed E-state index contributed by atoms with van der Waals surface area (Å²) in [5.74, 6) is 0. The highest BCUT2D eigenvalue weighted by Crippen LogP contribution is 2.30. The van der Waals surface area contributed by atoms with Crippen molar-refractivity contribution in [2.24, 2.45) is 5.73 Å². The molecule has 2 aromatic rings. The Kier molecular flexibility index (Phi) is 4.43. The molecule has 20 heavy (non-hydrogen) atoms. The molecular formula is C17H19Cl2N. The number of halogens is 2. The lowest BCUT2D eigenvalue weighted by Crippen LogP contribution is -2.14. The molecule has 0 saturated heterocycles. The van der Waals surface area contributed by atoms with Gasteiger partial charge in [0.05, 0.1) is 6.04 Å². The molecule has 2 N–H and O–H groups in total. The van der Waals surface area contributed by atoms with Gasteiger partial charge in [-0.25, -0.2) is 0 Å². The lowest BCUT2D eigenvalue weighted by atomic mass is 9.86. The van der Waals surface area contributed by atoms with Crippen LogP contribution in [-0.4, -0.2) is 0 Å². The Morgan fingerprint density at radius 3 is 2.05 bits per heavy atom. The summed E-state index contributed by atoms with van der Waals surface area (Å²) in [7, 11) is 0. The maximum atomic E-state index is 6.30. The SMILES string of the molecule is CC(C)(C)c1ccc(C(N)c2ccc(Cl)cc2Cl)cc1. The van der Waals surface area contributed by atoms with E-state index in [9.17, 15) is 0 Å². The Morgan fingerprint density at radius 1 is 0.950 bits per heavy atom. The first-order valence-electron chi connectivity index (χ1n) is 6.60. The van der Waals surface area contributed by atoms with Gasteiger partial charge in [-0.1, -0.05) is 74.3 Å². The Hall–Kier alpha value is -1.02. The second-order valence-electron chi connectivity index (χ2n) is 6.02. The van der Waals surface area contributed by atoms with Crippen LogP contribution < -0.4 is 5.73 Å². The van der Waals surface area contributed by atoms with Crippen LogP contribution in [0.5, 0.6) is 0 Å². The van der Waals surface area contributed by atoms with Gasteiger partial charge in [-0.15, -0.1) is 0 Å². The number of nitrogens with two attached hydrogens (primary N) is 1. The first-order valence-corrected chi connectivity index (χ1v) is 7.35. The van der Waals surface area contributed by atoms with Crippen LogP contribution in [0.3, 0.4) is 0 Å². The van der Waals surface area contributed by atoms with Gasteiger partial charge in [-0.05, 0) is 34.2 Å². The molecule has 3 heteroatoms. The predicted molar refractivity (Wildman–Crippen MR) is 87.6 cm³/mol. The van der Waals surface area contributed by atoms with Crippen LogP contribution in [-0.2, 0) is 5.41 Å². The van der Waals surface area contributed by atoms with Gasteiger partial charge >= 0.3 is 0 Å². The molecule has 0 spiro atoms. The first-order chi connectivity index (χ1) is 9.29. The molecule has 0 fully saturated rings. The van der Waals surface area contributed by atoms with E-state index in [0.717, 1.165) is 11.1 Å². The van der Waals surface area contributed by atoms with Crippen molar-refractivity contribution in [3.05, 3.63) is 69.2 Å². The predicted octanol–water partition coefficient (Wildman–Crippen LogP) is 5.34. The van der Waals surface area contributed by atoms with Crippen LogP contribution in [0.2, 0.25) is 10.0 Å². The van der Waals surface area contributed by atoms with E-state index < -0.39 is 0 Å². The minimum Gasteiger partial charge on any atom is -0.320 e. The molecule has 1 unspecified atom stereocenters. The molecule has 2 rings (SSSR count). The second-order valence-corrected chi connectivity index (χ2v) is 6.86.